The van der Waals surface area contributed by atoms with Gasteiger partial charge in [0.15, 0.2) is 0 Å². The second-order valence-electron chi connectivity index (χ2n) is 9.10. The largest absolute Gasteiger partial charge is 0.356 e. The van der Waals surface area contributed by atoms with Crippen molar-refractivity contribution < 1.29 is 0 Å². The number of nitrogens with one attached hydrogen (secondary N) is 2. The Morgan fingerprint density at radius 2 is 1.83 bits per heavy atom. The van der Waals surface area contributed by atoms with E-state index in [4.69, 9.17) is 10.2 Å². The van der Waals surface area contributed by atoms with E-state index in [9.17, 15) is 0 Å². The Kier molecular flexibility index (Phi) is 5.34. The van der Waals surface area contributed by atoms with Crippen molar-refractivity contribution in [1.29, 1.82) is 5.26 Å². The standard InChI is InChI=1S/C27H25N7S/c1-16-3-8-23(35-16)24-17(2)31-25(33-24)20-9-11-34(12-10-20)27-21-13-22(32-26(21)29-15-30-27)19-6-4-18(14-28)5-7-19/h3-8,13,15,20H,9-12H2,1-2H3,(H,31,33)(H,29,30,32). The molecule has 0 bridgehead atoms. The third-order valence-corrected chi connectivity index (χ3v) is 7.80. The van der Waals surface area contributed by atoms with Gasteiger partial charge in [0.25, 0.3) is 0 Å². The summed E-state index contributed by atoms with van der Waals surface area (Å²) < 4.78 is 0. The predicted octanol–water partition coefficient (Wildman–Crippen LogP) is 5.95. The van der Waals surface area contributed by atoms with Crippen LogP contribution in [0.25, 0.3) is 32.9 Å². The molecule has 1 saturated heterocycles. The van der Waals surface area contributed by atoms with Gasteiger partial charge in [-0.1, -0.05) is 12.1 Å². The number of aromatic amines is 2. The van der Waals surface area contributed by atoms with Crippen molar-refractivity contribution >= 4 is 28.2 Å². The molecule has 2 N–H and O–H groups in total. The van der Waals surface area contributed by atoms with Crippen molar-refractivity contribution in [3.8, 4) is 27.9 Å². The molecule has 0 aliphatic carbocycles. The number of anilines is 1. The van der Waals surface area contributed by atoms with Crippen LogP contribution in [0, 0.1) is 25.2 Å². The van der Waals surface area contributed by atoms with Crippen LogP contribution in [0.15, 0.2) is 48.8 Å². The number of nitriles is 1. The summed E-state index contributed by atoms with van der Waals surface area (Å²) in [5.74, 6) is 2.48. The van der Waals surface area contributed by atoms with Crippen LogP contribution in [0.5, 0.6) is 0 Å². The molecule has 0 atom stereocenters. The number of aryl methyl sites for hydroxylation is 2. The summed E-state index contributed by atoms with van der Waals surface area (Å²) in [5, 5.41) is 10.1. The quantitative estimate of drug-likeness (QED) is 0.332. The van der Waals surface area contributed by atoms with Crippen LogP contribution in [0.4, 0.5) is 5.82 Å². The van der Waals surface area contributed by atoms with E-state index >= 15 is 0 Å². The van der Waals surface area contributed by atoms with Gasteiger partial charge >= 0.3 is 0 Å². The first-order chi connectivity index (χ1) is 17.1. The maximum Gasteiger partial charge on any atom is 0.143 e. The second-order valence-corrected chi connectivity index (χ2v) is 10.4. The average molecular weight is 480 g/mol. The Morgan fingerprint density at radius 1 is 1.03 bits per heavy atom. The molecule has 5 heterocycles. The molecule has 0 spiro atoms. The third-order valence-electron chi connectivity index (χ3n) is 6.79. The highest BCUT2D eigenvalue weighted by Gasteiger charge is 2.26. The maximum atomic E-state index is 9.07. The zero-order valence-corrected chi connectivity index (χ0v) is 20.5. The van der Waals surface area contributed by atoms with Gasteiger partial charge in [-0.05, 0) is 62.6 Å². The third kappa shape index (κ3) is 3.98. The molecule has 7 nitrogen and oxygen atoms in total. The predicted molar refractivity (Wildman–Crippen MR) is 140 cm³/mol. The lowest BCUT2D eigenvalue weighted by atomic mass is 9.96. The zero-order chi connectivity index (χ0) is 23.9. The summed E-state index contributed by atoms with van der Waals surface area (Å²) in [6.45, 7) is 6.09. The molecular formula is C27H25N7S. The highest BCUT2D eigenvalue weighted by Crippen LogP contribution is 2.35. The molecule has 6 rings (SSSR count). The SMILES string of the molecule is Cc1ccc(-c2nc(C3CCN(c4ncnc5[nH]c(-c6ccc(C#N)cc6)cc45)CC3)[nH]c2C)s1. The number of benzene rings is 1. The summed E-state index contributed by atoms with van der Waals surface area (Å²) in [7, 11) is 0. The van der Waals surface area contributed by atoms with Crippen LogP contribution in [-0.2, 0) is 0 Å². The fourth-order valence-corrected chi connectivity index (χ4v) is 5.82. The molecule has 8 heteroatoms. The number of nitrogens with zero attached hydrogens (tertiary/aromatic N) is 5. The van der Waals surface area contributed by atoms with E-state index in [0.29, 0.717) is 11.5 Å². The topological polar surface area (TPSA) is 97.3 Å². The van der Waals surface area contributed by atoms with Gasteiger partial charge in [-0.2, -0.15) is 5.26 Å². The molecule has 1 aliphatic rings. The van der Waals surface area contributed by atoms with Crippen molar-refractivity contribution in [1.82, 2.24) is 24.9 Å². The van der Waals surface area contributed by atoms with Crippen LogP contribution in [0.3, 0.4) is 0 Å². The molecule has 0 unspecified atom stereocenters. The molecular weight excluding hydrogens is 454 g/mol. The first-order valence-electron chi connectivity index (χ1n) is 11.8. The van der Waals surface area contributed by atoms with Crippen molar-refractivity contribution in [2.75, 3.05) is 18.0 Å². The Balaban J connectivity index is 1.21. The molecule has 174 valence electrons. The van der Waals surface area contributed by atoms with Crippen molar-refractivity contribution in [3.63, 3.8) is 0 Å². The van der Waals surface area contributed by atoms with Crippen LogP contribution in [0.1, 0.15) is 40.7 Å². The van der Waals surface area contributed by atoms with E-state index in [0.717, 1.165) is 71.3 Å². The monoisotopic (exact) mass is 479 g/mol. The van der Waals surface area contributed by atoms with Gasteiger partial charge in [0.05, 0.1) is 21.9 Å². The van der Waals surface area contributed by atoms with Crippen molar-refractivity contribution in [2.45, 2.75) is 32.6 Å². The average Bonchev–Trinajstić information content (AvgIpc) is 3.62. The molecule has 4 aromatic heterocycles. The highest BCUT2D eigenvalue weighted by atomic mass is 32.1. The van der Waals surface area contributed by atoms with Gasteiger partial charge in [0.1, 0.15) is 29.3 Å². The summed E-state index contributed by atoms with van der Waals surface area (Å²) in [6, 6.07) is 16.2. The number of fused-ring (bicyclic) bond motifs is 1. The van der Waals surface area contributed by atoms with E-state index in [2.05, 4.69) is 63.0 Å². The second kappa shape index (κ2) is 8.67. The van der Waals surface area contributed by atoms with Gasteiger partial charge < -0.3 is 14.9 Å². The van der Waals surface area contributed by atoms with Crippen LogP contribution in [-0.4, -0.2) is 38.0 Å². The fraction of sp³-hybridized carbons (Fsp3) is 0.259. The number of aromatic nitrogens is 5. The minimum atomic E-state index is 0.414. The number of hydrogen-bond donors (Lipinski definition) is 2. The fourth-order valence-electron chi connectivity index (χ4n) is 4.90. The van der Waals surface area contributed by atoms with Gasteiger partial charge in [-0.3, -0.25) is 0 Å². The van der Waals surface area contributed by atoms with Crippen LogP contribution in [0.2, 0.25) is 0 Å². The molecule has 1 aromatic carbocycles. The minimum Gasteiger partial charge on any atom is -0.356 e. The van der Waals surface area contributed by atoms with Gasteiger partial charge in [-0.25, -0.2) is 15.0 Å². The lowest BCUT2D eigenvalue weighted by Gasteiger charge is -2.32. The van der Waals surface area contributed by atoms with Crippen molar-refractivity contribution in [2.24, 2.45) is 0 Å². The number of H-pyrrole nitrogens is 2. The van der Waals surface area contributed by atoms with Gasteiger partial charge in [0.2, 0.25) is 0 Å². The molecule has 0 amide bonds. The summed E-state index contributed by atoms with van der Waals surface area (Å²) in [6.07, 6.45) is 3.68. The summed E-state index contributed by atoms with van der Waals surface area (Å²) in [5.41, 5.74) is 5.71. The maximum absolute atomic E-state index is 9.07. The van der Waals surface area contributed by atoms with Gasteiger partial charge in [-0.15, -0.1) is 11.3 Å². The normalized spacial score (nSPS) is 14.5. The first-order valence-corrected chi connectivity index (χ1v) is 12.6. The summed E-state index contributed by atoms with van der Waals surface area (Å²) in [4.78, 5) is 26.0. The molecule has 5 aromatic rings. The lowest BCUT2D eigenvalue weighted by Crippen LogP contribution is -2.33. The number of hydrogen-bond acceptors (Lipinski definition) is 6. The first kappa shape index (κ1) is 21.6. The Hall–Kier alpha value is -3.96. The number of imidazole rings is 1. The smallest absolute Gasteiger partial charge is 0.143 e. The molecule has 0 saturated carbocycles. The highest BCUT2D eigenvalue weighted by molar-refractivity contribution is 7.15. The van der Waals surface area contributed by atoms with E-state index in [1.807, 2.05) is 24.3 Å². The number of piperidine rings is 1. The molecule has 1 aliphatic heterocycles. The van der Waals surface area contributed by atoms with Crippen LogP contribution < -0.4 is 4.90 Å². The Labute approximate surface area is 207 Å². The van der Waals surface area contributed by atoms with E-state index in [-0.39, 0.29) is 0 Å². The minimum absolute atomic E-state index is 0.414. The Morgan fingerprint density at radius 3 is 2.54 bits per heavy atom. The number of thiophene rings is 1. The summed E-state index contributed by atoms with van der Waals surface area (Å²) >= 11 is 1.79. The number of rotatable bonds is 4. The lowest BCUT2D eigenvalue weighted by molar-refractivity contribution is 0.487. The van der Waals surface area contributed by atoms with E-state index < -0.39 is 0 Å². The van der Waals surface area contributed by atoms with E-state index in [1.165, 1.54) is 9.75 Å². The van der Waals surface area contributed by atoms with Gasteiger partial charge in [0, 0.05) is 35.3 Å². The molecule has 35 heavy (non-hydrogen) atoms. The Bertz CT molecular complexity index is 1540. The van der Waals surface area contributed by atoms with Crippen molar-refractivity contribution in [3.05, 3.63) is 70.8 Å². The zero-order valence-electron chi connectivity index (χ0n) is 19.7. The van der Waals surface area contributed by atoms with Crippen LogP contribution >= 0.6 is 11.3 Å². The van der Waals surface area contributed by atoms with E-state index in [1.54, 1.807) is 17.7 Å². The molecule has 0 radical (unpaired) electrons. The molecule has 1 fully saturated rings.